The van der Waals surface area contributed by atoms with Crippen molar-refractivity contribution in [3.05, 3.63) is 46.8 Å². The van der Waals surface area contributed by atoms with E-state index in [0.29, 0.717) is 12.5 Å². The van der Waals surface area contributed by atoms with Crippen molar-refractivity contribution in [3.8, 4) is 0 Å². The number of nitrogens with one attached hydrogen (secondary N) is 1. The average Bonchev–Trinajstić information content (AvgIpc) is 2.94. The lowest BCUT2D eigenvalue weighted by molar-refractivity contribution is 0.757. The van der Waals surface area contributed by atoms with Gasteiger partial charge in [0.2, 0.25) is 0 Å². The molecular formula is C15H19N5. The summed E-state index contributed by atoms with van der Waals surface area (Å²) < 4.78 is 0. The Morgan fingerprint density at radius 3 is 2.50 bits per heavy atom. The van der Waals surface area contributed by atoms with E-state index in [1.165, 1.54) is 11.1 Å². The van der Waals surface area contributed by atoms with Crippen LogP contribution in [-0.2, 0) is 0 Å². The first-order valence-corrected chi connectivity index (χ1v) is 6.75. The number of nitrogens with two attached hydrogens (primary N) is 1. The van der Waals surface area contributed by atoms with Crippen LogP contribution in [0.1, 0.15) is 28.6 Å². The smallest absolute Gasteiger partial charge is 0.196 e. The number of aliphatic imine (C=N–C) groups is 1. The Balaban J connectivity index is 2.03. The van der Waals surface area contributed by atoms with Gasteiger partial charge in [-0.3, -0.25) is 10.1 Å². The van der Waals surface area contributed by atoms with Crippen LogP contribution < -0.4 is 10.6 Å². The highest BCUT2D eigenvalue weighted by atomic mass is 15.3. The Morgan fingerprint density at radius 2 is 1.90 bits per heavy atom. The topological polar surface area (TPSA) is 70.3 Å². The van der Waals surface area contributed by atoms with Crippen molar-refractivity contribution in [2.24, 2.45) is 10.7 Å². The van der Waals surface area contributed by atoms with Crippen molar-refractivity contribution in [1.29, 1.82) is 0 Å². The number of aromatic nitrogens is 2. The van der Waals surface area contributed by atoms with Gasteiger partial charge in [0.1, 0.15) is 0 Å². The zero-order valence-corrected chi connectivity index (χ0v) is 12.0. The Bertz CT molecular complexity index is 634. The molecule has 0 saturated heterocycles. The minimum atomic E-state index is 0.122. The second-order valence-electron chi connectivity index (χ2n) is 5.27. The maximum atomic E-state index is 6.09. The first-order chi connectivity index (χ1) is 9.58. The highest BCUT2D eigenvalue weighted by molar-refractivity contribution is 5.97. The quantitative estimate of drug-likeness (QED) is 0.878. The van der Waals surface area contributed by atoms with E-state index in [1.807, 2.05) is 13.8 Å². The maximum Gasteiger partial charge on any atom is 0.196 e. The third kappa shape index (κ3) is 1.95. The SMILES string of the molecule is Cc1ccc(N2C(N)=NCC2c2c(C)n[nH]c2C)cc1. The van der Waals surface area contributed by atoms with Gasteiger partial charge < -0.3 is 10.6 Å². The lowest BCUT2D eigenvalue weighted by Crippen LogP contribution is -2.36. The van der Waals surface area contributed by atoms with Gasteiger partial charge in [0.25, 0.3) is 0 Å². The summed E-state index contributed by atoms with van der Waals surface area (Å²) in [5.41, 5.74) is 11.7. The summed E-state index contributed by atoms with van der Waals surface area (Å²) in [4.78, 5) is 6.50. The van der Waals surface area contributed by atoms with E-state index in [9.17, 15) is 0 Å². The number of aryl methyl sites for hydroxylation is 3. The first-order valence-electron chi connectivity index (χ1n) is 6.75. The summed E-state index contributed by atoms with van der Waals surface area (Å²) in [5.74, 6) is 0.568. The molecule has 0 radical (unpaired) electrons. The van der Waals surface area contributed by atoms with Crippen LogP contribution >= 0.6 is 0 Å². The normalized spacial score (nSPS) is 18.4. The van der Waals surface area contributed by atoms with E-state index >= 15 is 0 Å². The van der Waals surface area contributed by atoms with Gasteiger partial charge in [-0.05, 0) is 32.9 Å². The fourth-order valence-corrected chi connectivity index (χ4v) is 2.79. The van der Waals surface area contributed by atoms with E-state index < -0.39 is 0 Å². The summed E-state index contributed by atoms with van der Waals surface area (Å²) in [5, 5.41) is 7.33. The predicted molar refractivity (Wildman–Crippen MR) is 81.0 cm³/mol. The van der Waals surface area contributed by atoms with Crippen LogP contribution in [0.2, 0.25) is 0 Å². The van der Waals surface area contributed by atoms with Gasteiger partial charge in [0.05, 0.1) is 18.3 Å². The molecule has 0 saturated carbocycles. The number of benzene rings is 1. The summed E-state index contributed by atoms with van der Waals surface area (Å²) in [6.45, 7) is 6.80. The van der Waals surface area contributed by atoms with Crippen molar-refractivity contribution in [2.45, 2.75) is 26.8 Å². The van der Waals surface area contributed by atoms with Crippen molar-refractivity contribution in [3.63, 3.8) is 0 Å². The monoisotopic (exact) mass is 269 g/mol. The van der Waals surface area contributed by atoms with E-state index in [1.54, 1.807) is 0 Å². The molecule has 0 bridgehead atoms. The van der Waals surface area contributed by atoms with Crippen LogP contribution in [-0.4, -0.2) is 22.7 Å². The minimum Gasteiger partial charge on any atom is -0.369 e. The number of nitrogens with zero attached hydrogens (tertiary/aromatic N) is 3. The number of hydrogen-bond donors (Lipinski definition) is 2. The van der Waals surface area contributed by atoms with Crippen LogP contribution in [0.5, 0.6) is 0 Å². The number of hydrogen-bond acceptors (Lipinski definition) is 4. The number of aromatic amines is 1. The Hall–Kier alpha value is -2.30. The molecule has 104 valence electrons. The fourth-order valence-electron chi connectivity index (χ4n) is 2.79. The predicted octanol–water partition coefficient (Wildman–Crippen LogP) is 2.21. The van der Waals surface area contributed by atoms with Crippen LogP contribution in [0.25, 0.3) is 0 Å². The second-order valence-corrected chi connectivity index (χ2v) is 5.27. The molecule has 1 aliphatic heterocycles. The highest BCUT2D eigenvalue weighted by Crippen LogP contribution is 2.33. The molecule has 1 aromatic heterocycles. The molecule has 3 rings (SSSR count). The Kier molecular flexibility index (Phi) is 2.97. The molecule has 1 aliphatic rings. The minimum absolute atomic E-state index is 0.122. The molecular weight excluding hydrogens is 250 g/mol. The van der Waals surface area contributed by atoms with Crippen molar-refractivity contribution >= 4 is 11.6 Å². The molecule has 20 heavy (non-hydrogen) atoms. The molecule has 0 spiro atoms. The maximum absolute atomic E-state index is 6.09. The zero-order chi connectivity index (χ0) is 14.3. The van der Waals surface area contributed by atoms with Gasteiger partial charge >= 0.3 is 0 Å². The largest absolute Gasteiger partial charge is 0.369 e. The van der Waals surface area contributed by atoms with Crippen molar-refractivity contribution < 1.29 is 0 Å². The van der Waals surface area contributed by atoms with E-state index in [2.05, 4.69) is 51.3 Å². The standard InChI is InChI=1S/C15H19N5/c1-9-4-6-12(7-5-9)20-13(8-17-15(20)16)14-10(2)18-19-11(14)3/h4-7,13H,8H2,1-3H3,(H2,16,17)(H,18,19). The lowest BCUT2D eigenvalue weighted by Gasteiger charge is -2.26. The number of anilines is 1. The Labute approximate surface area is 118 Å². The van der Waals surface area contributed by atoms with Gasteiger partial charge in [-0.2, -0.15) is 5.10 Å². The van der Waals surface area contributed by atoms with Gasteiger partial charge in [-0.15, -0.1) is 0 Å². The van der Waals surface area contributed by atoms with E-state index in [0.717, 1.165) is 17.1 Å². The van der Waals surface area contributed by atoms with Gasteiger partial charge in [0, 0.05) is 16.9 Å². The molecule has 0 aliphatic carbocycles. The van der Waals surface area contributed by atoms with Gasteiger partial charge in [-0.25, -0.2) is 0 Å². The fraction of sp³-hybridized carbons (Fsp3) is 0.333. The third-order valence-corrected chi connectivity index (χ3v) is 3.82. The van der Waals surface area contributed by atoms with Crippen LogP contribution in [0, 0.1) is 20.8 Å². The zero-order valence-electron chi connectivity index (χ0n) is 12.0. The Morgan fingerprint density at radius 1 is 1.20 bits per heavy atom. The van der Waals surface area contributed by atoms with Crippen molar-refractivity contribution in [2.75, 3.05) is 11.4 Å². The molecule has 2 heterocycles. The molecule has 1 unspecified atom stereocenters. The molecule has 1 atom stereocenters. The molecule has 5 heteroatoms. The molecule has 3 N–H and O–H groups in total. The molecule has 2 aromatic rings. The summed E-state index contributed by atoms with van der Waals surface area (Å²) in [6, 6.07) is 8.47. The highest BCUT2D eigenvalue weighted by Gasteiger charge is 2.32. The van der Waals surface area contributed by atoms with E-state index in [4.69, 9.17) is 5.73 Å². The summed E-state index contributed by atoms with van der Waals surface area (Å²) in [6.07, 6.45) is 0. The van der Waals surface area contributed by atoms with Crippen molar-refractivity contribution in [1.82, 2.24) is 10.2 Å². The van der Waals surface area contributed by atoms with Crippen LogP contribution in [0.15, 0.2) is 29.3 Å². The summed E-state index contributed by atoms with van der Waals surface area (Å²) >= 11 is 0. The molecule has 0 fully saturated rings. The number of guanidine groups is 1. The third-order valence-electron chi connectivity index (χ3n) is 3.82. The lowest BCUT2D eigenvalue weighted by atomic mass is 10.0. The summed E-state index contributed by atoms with van der Waals surface area (Å²) in [7, 11) is 0. The molecule has 0 amide bonds. The number of H-pyrrole nitrogens is 1. The van der Waals surface area contributed by atoms with E-state index in [-0.39, 0.29) is 6.04 Å². The number of rotatable bonds is 2. The van der Waals surface area contributed by atoms with Gasteiger partial charge in [-0.1, -0.05) is 17.7 Å². The molecule has 5 nitrogen and oxygen atoms in total. The van der Waals surface area contributed by atoms with Gasteiger partial charge in [0.15, 0.2) is 5.96 Å². The van der Waals surface area contributed by atoms with Crippen LogP contribution in [0.4, 0.5) is 5.69 Å². The second kappa shape index (κ2) is 4.67. The first kappa shape index (κ1) is 12.7. The average molecular weight is 269 g/mol. The van der Waals surface area contributed by atoms with Crippen LogP contribution in [0.3, 0.4) is 0 Å². The molecule has 1 aromatic carbocycles.